The molecule has 18 heavy (non-hydrogen) atoms. The van der Waals surface area contributed by atoms with E-state index >= 15 is 0 Å². The average molecular weight is 252 g/mol. The monoisotopic (exact) mass is 252 g/mol. The number of carbonyl (C=O) groups excluding carboxylic acids is 1. The number of nitrogens with one attached hydrogen (secondary N) is 1. The number of hydrogen-bond donors (Lipinski definition) is 2. The second-order valence-electron chi connectivity index (χ2n) is 3.39. The Bertz CT molecular complexity index is 508. The first-order valence-electron chi connectivity index (χ1n) is 5.09. The standard InChI is InChI=1S/C9H12N6O3/c1-17-5-6(9(16)11-10)15-13-8(12-14-15)7-3-2-4-18-7/h2-4,6H,5,10H2,1H3,(H,11,16). The van der Waals surface area contributed by atoms with Gasteiger partial charge in [-0.1, -0.05) is 0 Å². The summed E-state index contributed by atoms with van der Waals surface area (Å²) < 4.78 is 10.0. The Kier molecular flexibility index (Phi) is 3.65. The Hall–Kier alpha value is -2.26. The van der Waals surface area contributed by atoms with Crippen LogP contribution in [0.5, 0.6) is 0 Å². The fraction of sp³-hybridized carbons (Fsp3) is 0.333. The topological polar surface area (TPSA) is 121 Å². The van der Waals surface area contributed by atoms with Gasteiger partial charge in [-0.3, -0.25) is 10.2 Å². The molecule has 2 aromatic heterocycles. The third-order valence-corrected chi connectivity index (χ3v) is 2.22. The molecular formula is C9H12N6O3. The molecule has 0 radical (unpaired) electrons. The molecule has 0 saturated carbocycles. The molecule has 0 saturated heterocycles. The van der Waals surface area contributed by atoms with Crippen molar-refractivity contribution in [2.75, 3.05) is 13.7 Å². The summed E-state index contributed by atoms with van der Waals surface area (Å²) in [5.74, 6) is 5.35. The van der Waals surface area contributed by atoms with E-state index in [0.717, 1.165) is 4.80 Å². The number of nitrogens with zero attached hydrogens (tertiary/aromatic N) is 4. The lowest BCUT2D eigenvalue weighted by molar-refractivity contribution is -0.126. The molecule has 9 nitrogen and oxygen atoms in total. The summed E-state index contributed by atoms with van der Waals surface area (Å²) in [6.45, 7) is 0.0803. The molecule has 0 aliphatic rings. The Morgan fingerprint density at radius 3 is 3.17 bits per heavy atom. The number of amides is 1. The molecule has 0 aromatic carbocycles. The van der Waals surface area contributed by atoms with Gasteiger partial charge in [-0.25, -0.2) is 5.84 Å². The lowest BCUT2D eigenvalue weighted by Gasteiger charge is -2.11. The maximum Gasteiger partial charge on any atom is 0.263 e. The molecule has 2 heterocycles. The number of tetrazole rings is 1. The normalized spacial score (nSPS) is 12.3. The highest BCUT2D eigenvalue weighted by atomic mass is 16.5. The van der Waals surface area contributed by atoms with Gasteiger partial charge in [0, 0.05) is 7.11 Å². The zero-order valence-corrected chi connectivity index (χ0v) is 9.61. The summed E-state index contributed by atoms with van der Waals surface area (Å²) >= 11 is 0. The number of furan rings is 1. The Morgan fingerprint density at radius 1 is 1.72 bits per heavy atom. The highest BCUT2D eigenvalue weighted by Gasteiger charge is 2.23. The van der Waals surface area contributed by atoms with Crippen LogP contribution in [0.2, 0.25) is 0 Å². The number of aromatic nitrogens is 4. The quantitative estimate of drug-likeness (QED) is 0.402. The minimum absolute atomic E-state index is 0.0803. The van der Waals surface area contributed by atoms with E-state index in [9.17, 15) is 4.79 Å². The van der Waals surface area contributed by atoms with Crippen LogP contribution in [0.15, 0.2) is 22.8 Å². The molecule has 0 aliphatic carbocycles. The maximum atomic E-state index is 11.5. The van der Waals surface area contributed by atoms with Gasteiger partial charge in [0.15, 0.2) is 11.8 Å². The largest absolute Gasteiger partial charge is 0.461 e. The second kappa shape index (κ2) is 5.38. The Labute approximate surface area is 102 Å². The van der Waals surface area contributed by atoms with Gasteiger partial charge in [0.05, 0.1) is 12.9 Å². The van der Waals surface area contributed by atoms with E-state index in [1.165, 1.54) is 13.4 Å². The van der Waals surface area contributed by atoms with Crippen molar-refractivity contribution < 1.29 is 13.9 Å². The Morgan fingerprint density at radius 2 is 2.56 bits per heavy atom. The summed E-state index contributed by atoms with van der Waals surface area (Å²) in [6.07, 6.45) is 1.50. The van der Waals surface area contributed by atoms with Gasteiger partial charge in [0.2, 0.25) is 5.82 Å². The van der Waals surface area contributed by atoms with Crippen LogP contribution in [0, 0.1) is 0 Å². The highest BCUT2D eigenvalue weighted by molar-refractivity contribution is 5.79. The number of hydrogen-bond acceptors (Lipinski definition) is 7. The third-order valence-electron chi connectivity index (χ3n) is 2.22. The molecule has 2 aromatic rings. The van der Waals surface area contributed by atoms with Crippen LogP contribution in [0.1, 0.15) is 6.04 Å². The minimum atomic E-state index is -0.781. The van der Waals surface area contributed by atoms with Crippen LogP contribution in [0.25, 0.3) is 11.6 Å². The van der Waals surface area contributed by atoms with Crippen LogP contribution >= 0.6 is 0 Å². The van der Waals surface area contributed by atoms with Gasteiger partial charge in [-0.15, -0.1) is 15.0 Å². The van der Waals surface area contributed by atoms with Crippen molar-refractivity contribution >= 4 is 5.91 Å². The van der Waals surface area contributed by atoms with E-state index in [-0.39, 0.29) is 12.4 Å². The molecule has 0 spiro atoms. The summed E-state index contributed by atoms with van der Waals surface area (Å²) in [5.41, 5.74) is 2.02. The van der Waals surface area contributed by atoms with Crippen LogP contribution in [0.4, 0.5) is 0 Å². The molecule has 96 valence electrons. The molecule has 1 unspecified atom stereocenters. The number of carbonyl (C=O) groups is 1. The maximum absolute atomic E-state index is 11.5. The van der Waals surface area contributed by atoms with E-state index in [0.29, 0.717) is 5.76 Å². The van der Waals surface area contributed by atoms with Gasteiger partial charge in [-0.05, 0) is 17.3 Å². The predicted octanol–water partition coefficient (Wildman–Crippen LogP) is -0.889. The van der Waals surface area contributed by atoms with Gasteiger partial charge in [0.1, 0.15) is 0 Å². The summed E-state index contributed by atoms with van der Waals surface area (Å²) in [6, 6.07) is 2.61. The van der Waals surface area contributed by atoms with Gasteiger partial charge >= 0.3 is 0 Å². The fourth-order valence-electron chi connectivity index (χ4n) is 1.36. The summed E-state index contributed by atoms with van der Waals surface area (Å²) in [7, 11) is 1.46. The smallest absolute Gasteiger partial charge is 0.263 e. The number of hydrazine groups is 1. The van der Waals surface area contributed by atoms with Crippen molar-refractivity contribution in [3.05, 3.63) is 18.4 Å². The van der Waals surface area contributed by atoms with E-state index in [1.54, 1.807) is 12.1 Å². The highest BCUT2D eigenvalue weighted by Crippen LogP contribution is 2.14. The van der Waals surface area contributed by atoms with Crippen LogP contribution in [-0.4, -0.2) is 39.8 Å². The number of rotatable bonds is 5. The molecule has 3 N–H and O–H groups in total. The summed E-state index contributed by atoms with van der Waals surface area (Å²) in [5, 5.41) is 11.6. The second-order valence-corrected chi connectivity index (χ2v) is 3.39. The molecule has 0 aliphatic heterocycles. The molecular weight excluding hydrogens is 240 g/mol. The lowest BCUT2D eigenvalue weighted by atomic mass is 10.3. The van der Waals surface area contributed by atoms with E-state index < -0.39 is 11.9 Å². The predicted molar refractivity (Wildman–Crippen MR) is 58.8 cm³/mol. The number of ether oxygens (including phenoxy) is 1. The van der Waals surface area contributed by atoms with Crippen LogP contribution in [-0.2, 0) is 9.53 Å². The Balaban J connectivity index is 2.24. The van der Waals surface area contributed by atoms with Crippen molar-refractivity contribution in [1.29, 1.82) is 0 Å². The first-order chi connectivity index (χ1) is 8.76. The molecule has 1 amide bonds. The van der Waals surface area contributed by atoms with E-state index in [2.05, 4.69) is 15.4 Å². The molecule has 0 fully saturated rings. The van der Waals surface area contributed by atoms with Crippen molar-refractivity contribution in [3.63, 3.8) is 0 Å². The number of methoxy groups -OCH3 is 1. The van der Waals surface area contributed by atoms with E-state index in [1.807, 2.05) is 5.43 Å². The van der Waals surface area contributed by atoms with Crippen molar-refractivity contribution in [2.45, 2.75) is 6.04 Å². The first-order valence-corrected chi connectivity index (χ1v) is 5.09. The van der Waals surface area contributed by atoms with Gasteiger partial charge in [0.25, 0.3) is 5.91 Å². The SMILES string of the molecule is COCC(C(=O)NN)n1nnc(-c2ccco2)n1. The van der Waals surface area contributed by atoms with Crippen molar-refractivity contribution in [3.8, 4) is 11.6 Å². The first kappa shape index (κ1) is 12.2. The minimum Gasteiger partial charge on any atom is -0.461 e. The van der Waals surface area contributed by atoms with Gasteiger partial charge < -0.3 is 9.15 Å². The lowest BCUT2D eigenvalue weighted by Crippen LogP contribution is -2.40. The zero-order valence-electron chi connectivity index (χ0n) is 9.61. The molecule has 9 heteroatoms. The fourth-order valence-corrected chi connectivity index (χ4v) is 1.36. The molecule has 1 atom stereocenters. The van der Waals surface area contributed by atoms with Crippen LogP contribution in [0.3, 0.4) is 0 Å². The van der Waals surface area contributed by atoms with E-state index in [4.69, 9.17) is 15.0 Å². The molecule has 2 rings (SSSR count). The van der Waals surface area contributed by atoms with Crippen LogP contribution < -0.4 is 11.3 Å². The van der Waals surface area contributed by atoms with Crippen molar-refractivity contribution in [1.82, 2.24) is 25.6 Å². The third kappa shape index (κ3) is 2.36. The average Bonchev–Trinajstić information content (AvgIpc) is 3.04. The zero-order chi connectivity index (χ0) is 13.0. The number of nitrogens with two attached hydrogens (primary N) is 1. The van der Waals surface area contributed by atoms with Crippen molar-refractivity contribution in [2.24, 2.45) is 5.84 Å². The van der Waals surface area contributed by atoms with Gasteiger partial charge in [-0.2, -0.15) is 0 Å². The molecule has 0 bridgehead atoms. The summed E-state index contributed by atoms with van der Waals surface area (Å²) in [4.78, 5) is 12.7.